The molecule has 3 aliphatic rings. The Morgan fingerprint density at radius 3 is 1.60 bits per heavy atom. The highest BCUT2D eigenvalue weighted by Gasteiger charge is 2.47. The van der Waals surface area contributed by atoms with Crippen molar-refractivity contribution in [2.24, 2.45) is 23.1 Å². The molecule has 18 amide bonds. The number of nitrogens with one attached hydrogen (secondary N) is 12. The minimum Gasteiger partial charge on any atom is -0.497 e. The largest absolute Gasteiger partial charge is 0.497 e. The minimum absolute atomic E-state index is 0.00349. The van der Waals surface area contributed by atoms with Crippen LogP contribution in [0, 0.1) is 5.92 Å². The summed E-state index contributed by atoms with van der Waals surface area (Å²) in [5.74, 6) is -18.6. The monoisotopic (exact) mass is 1840 g/mol. The van der Waals surface area contributed by atoms with Gasteiger partial charge in [0.25, 0.3) is 0 Å². The Hall–Kier alpha value is -12.8. The number of primary amides is 3. The molecule has 0 radical (unpaired) electrons. The molecule has 15 atom stereocenters. The molecule has 0 unspecified atom stereocenters. The SMILES string of the molecule is CCCC[C@H]1C(=O)N(C)[C@@H](CCCC)C(=O)N[C@@H](CC(C)C)C(=O)N[C@H](C(=O)NCC(N)=O)CSCC(=O)N[C@@H](Cc2ccc(OC)cc2)C(=O)N(C)[C@@H](C)C(=O)N[C@@H](CC(N)=O)C(=O)N2CCC[C@H]2C(=O)N[C@@H](CO)C(=O)N[C@@H](CCC(N)=O)C(=O)N2C[C@H](O)C[C@H]2C(=O)N[C@@H](Cc2c[nH]c3ccccc23)C(=O)N[C@@H](CO)C(=O)N[C@@H](Cc2c[nH]c3ccccc23)C(=O)N1C. The molecule has 2 aromatic heterocycles. The number of hydrogen-bond acceptors (Lipinski definition) is 23. The minimum atomic E-state index is -1.94. The summed E-state index contributed by atoms with van der Waals surface area (Å²) < 4.78 is 5.33. The topological polar surface area (TPSA) is 623 Å². The van der Waals surface area contributed by atoms with Gasteiger partial charge in [-0.25, -0.2) is 0 Å². The predicted octanol–water partition coefficient (Wildman–Crippen LogP) is -3.60. The van der Waals surface area contributed by atoms with Crippen molar-refractivity contribution >= 4 is 140 Å². The highest BCUT2D eigenvalue weighted by molar-refractivity contribution is 8.00. The molecule has 43 heteroatoms. The van der Waals surface area contributed by atoms with Gasteiger partial charge >= 0.3 is 0 Å². The molecule has 21 N–H and O–H groups in total. The molecule has 3 aliphatic heterocycles. The predicted molar refractivity (Wildman–Crippen MR) is 479 cm³/mol. The second kappa shape index (κ2) is 49.3. The number of nitrogens with two attached hydrogens (primary N) is 3. The van der Waals surface area contributed by atoms with Crippen LogP contribution in [0.3, 0.4) is 0 Å². The van der Waals surface area contributed by atoms with Crippen molar-refractivity contribution in [3.05, 3.63) is 102 Å². The maximum atomic E-state index is 15.7. The van der Waals surface area contributed by atoms with Crippen LogP contribution in [-0.4, -0.2) is 319 Å². The zero-order chi connectivity index (χ0) is 96.2. The molecule has 0 aliphatic carbocycles. The lowest BCUT2D eigenvalue weighted by atomic mass is 9.99. The first-order valence-corrected chi connectivity index (χ1v) is 44.9. The molecule has 3 saturated heterocycles. The van der Waals surface area contributed by atoms with Gasteiger partial charge in [-0.2, -0.15) is 0 Å². The van der Waals surface area contributed by atoms with Gasteiger partial charge in [0.1, 0.15) is 90.3 Å². The summed E-state index contributed by atoms with van der Waals surface area (Å²) in [6, 6.07) is -2.28. The lowest BCUT2D eigenvalue weighted by Crippen LogP contribution is -2.62. The zero-order valence-electron chi connectivity index (χ0n) is 75.1. The summed E-state index contributed by atoms with van der Waals surface area (Å²) in [7, 11) is 5.35. The van der Waals surface area contributed by atoms with Crippen LogP contribution in [0.15, 0.2) is 85.2 Å². The van der Waals surface area contributed by atoms with Gasteiger partial charge in [-0.15, -0.1) is 11.8 Å². The maximum Gasteiger partial charge on any atom is 0.246 e. The summed E-state index contributed by atoms with van der Waals surface area (Å²) in [5, 5.41) is 60.1. The molecule has 3 aromatic carbocycles. The third-order valence-corrected chi connectivity index (χ3v) is 24.5. The van der Waals surface area contributed by atoms with Gasteiger partial charge in [0.05, 0.1) is 45.1 Å². The van der Waals surface area contributed by atoms with Crippen molar-refractivity contribution in [1.29, 1.82) is 0 Å². The van der Waals surface area contributed by atoms with E-state index in [0.717, 1.165) is 31.4 Å². The number of aliphatic hydroxyl groups excluding tert-OH is 3. The Kier molecular flexibility index (Phi) is 39.0. The summed E-state index contributed by atoms with van der Waals surface area (Å²) in [6.07, 6.45) is 0.0747. The van der Waals surface area contributed by atoms with E-state index in [2.05, 4.69) is 63.1 Å². The fraction of sp³-hybridized carbons (Fsp3) is 0.545. The van der Waals surface area contributed by atoms with E-state index in [1.807, 2.05) is 13.8 Å². The van der Waals surface area contributed by atoms with E-state index in [0.29, 0.717) is 69.9 Å². The smallest absolute Gasteiger partial charge is 0.246 e. The molecule has 42 nitrogen and oxygen atoms in total. The van der Waals surface area contributed by atoms with E-state index in [9.17, 15) is 68.1 Å². The fourth-order valence-electron chi connectivity index (χ4n) is 16.0. The Morgan fingerprint density at radius 2 is 1.03 bits per heavy atom. The van der Waals surface area contributed by atoms with Crippen LogP contribution in [0.2, 0.25) is 0 Å². The number of carbonyl (C=O) groups is 18. The van der Waals surface area contributed by atoms with Gasteiger partial charge in [-0.05, 0) is 92.3 Å². The molecule has 714 valence electrons. The van der Waals surface area contributed by atoms with E-state index < -0.39 is 261 Å². The van der Waals surface area contributed by atoms with Gasteiger partial charge in [-0.3, -0.25) is 86.3 Å². The number of aliphatic hydroxyl groups is 3. The number of aromatic nitrogens is 2. The van der Waals surface area contributed by atoms with Crippen LogP contribution in [0.5, 0.6) is 5.75 Å². The second-order valence-corrected chi connectivity index (χ2v) is 34.6. The van der Waals surface area contributed by atoms with E-state index in [-0.39, 0.29) is 63.8 Å². The van der Waals surface area contributed by atoms with E-state index in [1.165, 1.54) is 40.1 Å². The molecule has 8 rings (SSSR count). The van der Waals surface area contributed by atoms with E-state index in [1.54, 1.807) is 99.0 Å². The molecular weight excluding hydrogens is 1720 g/mol. The summed E-state index contributed by atoms with van der Waals surface area (Å²) in [6.45, 7) is 4.72. The number of thioether (sulfide) groups is 1. The van der Waals surface area contributed by atoms with Gasteiger partial charge in [0.2, 0.25) is 106 Å². The number of H-pyrrole nitrogens is 2. The van der Waals surface area contributed by atoms with Crippen molar-refractivity contribution in [3.63, 3.8) is 0 Å². The number of fused-ring (bicyclic) bond motifs is 4. The molecule has 0 saturated carbocycles. The molecular formula is C88H124N20O22S. The Labute approximate surface area is 761 Å². The van der Waals surface area contributed by atoms with Crippen LogP contribution < -0.4 is 75.1 Å². The number of para-hydroxylation sites is 2. The number of benzene rings is 3. The van der Waals surface area contributed by atoms with Crippen molar-refractivity contribution in [3.8, 4) is 5.75 Å². The quantitative estimate of drug-likeness (QED) is 0.0268. The number of ether oxygens (including phenoxy) is 1. The lowest BCUT2D eigenvalue weighted by Gasteiger charge is -2.36. The second-order valence-electron chi connectivity index (χ2n) is 33.6. The number of carbonyl (C=O) groups excluding carboxylic acids is 18. The molecule has 131 heavy (non-hydrogen) atoms. The number of unbranched alkanes of at least 4 members (excludes halogenated alkanes) is 2. The Bertz CT molecular complexity index is 4930. The normalized spacial score (nSPS) is 25.2. The van der Waals surface area contributed by atoms with Crippen LogP contribution >= 0.6 is 11.8 Å². The standard InChI is InChI=1S/C88H124N20O22S/c1-10-12-23-67-81(122)97-59(33-47(3)4)77(118)103-66(76(117)94-41-73(91)114)45-131-46-74(115)95-61(34-49-26-28-53(130-9)29-27-49)84(125)104(6)48(5)75(116)99-63(38-72(90)113)87(128)107-32-18-25-68(107)82(123)102-65(44-110)79(120)96-58(30-31-71(89)112)86(127)108-42-52(111)37-70(108)83(124)98-60(35-50-39-92-56-21-16-14-19-54(50)56)78(119)101-64(43-109)80(121)100-62(36-51-40-93-57-22-17-15-20-55(51)57)85(126)106(8)69(24-13-11-2)88(129)105(67)7/h14-17,19-22,26-29,39-40,47-48,52,58-70,92-93,109-111H,10-13,18,23-25,30-38,41-46H2,1-9H3,(H2,89,112)(H2,90,113)(H2,91,114)(H,94,117)(H,95,115)(H,96,120)(H,97,122)(H,98,124)(H,99,116)(H,100,121)(H,101,119)(H,102,123)(H,103,118)/t48-,52+,58-,59-,60-,61-,62-,63-,64-,65-,66-,67-,68-,69-,70-/m0/s1. The third kappa shape index (κ3) is 28.6. The summed E-state index contributed by atoms with van der Waals surface area (Å²) in [5.41, 5.74) is 19.3. The van der Waals surface area contributed by atoms with Gasteiger partial charge in [-0.1, -0.05) is 102 Å². The van der Waals surface area contributed by atoms with Crippen molar-refractivity contribution in [2.75, 3.05) is 72.6 Å². The Morgan fingerprint density at radius 1 is 0.527 bits per heavy atom. The number of likely N-dealkylation sites (N-methyl/N-ethyl adjacent to an activating group) is 3. The van der Waals surface area contributed by atoms with E-state index >= 15 is 33.6 Å². The highest BCUT2D eigenvalue weighted by atomic mass is 32.2. The number of rotatable bonds is 25. The number of hydrogen-bond donors (Lipinski definition) is 18. The first kappa shape index (κ1) is 104. The fourth-order valence-corrected chi connectivity index (χ4v) is 16.9. The molecule has 0 spiro atoms. The average molecular weight is 1850 g/mol. The number of nitrogens with zero attached hydrogens (tertiary/aromatic N) is 5. The van der Waals surface area contributed by atoms with Gasteiger partial charge in [0, 0.05) is 106 Å². The van der Waals surface area contributed by atoms with Gasteiger partial charge < -0.3 is 125 Å². The van der Waals surface area contributed by atoms with E-state index in [4.69, 9.17) is 21.9 Å². The molecule has 3 fully saturated rings. The molecule has 5 aromatic rings. The van der Waals surface area contributed by atoms with Crippen molar-refractivity contribution < 1.29 is 106 Å². The number of amides is 18. The number of aromatic amines is 2. The van der Waals surface area contributed by atoms with Crippen LogP contribution in [0.1, 0.15) is 135 Å². The molecule has 5 heterocycles. The maximum absolute atomic E-state index is 15.7. The Balaban J connectivity index is 1.18. The van der Waals surface area contributed by atoms with Gasteiger partial charge in [0.15, 0.2) is 0 Å². The first-order valence-electron chi connectivity index (χ1n) is 43.8. The van der Waals surface area contributed by atoms with Crippen LogP contribution in [0.4, 0.5) is 0 Å². The zero-order valence-corrected chi connectivity index (χ0v) is 75.9. The molecule has 0 bridgehead atoms. The average Bonchev–Trinajstić information content (AvgIpc) is 1.76. The van der Waals surface area contributed by atoms with Crippen LogP contribution in [0.25, 0.3) is 21.8 Å². The van der Waals surface area contributed by atoms with Crippen molar-refractivity contribution in [2.45, 2.75) is 228 Å². The number of methoxy groups -OCH3 is 1. The van der Waals surface area contributed by atoms with Crippen LogP contribution in [-0.2, 0) is 106 Å². The summed E-state index contributed by atoms with van der Waals surface area (Å²) >= 11 is 0.797. The van der Waals surface area contributed by atoms with Crippen molar-refractivity contribution in [1.82, 2.24) is 87.6 Å². The summed E-state index contributed by atoms with van der Waals surface area (Å²) in [4.78, 5) is 272. The first-order chi connectivity index (χ1) is 62.3. The third-order valence-electron chi connectivity index (χ3n) is 23.4. The highest BCUT2D eigenvalue weighted by Crippen LogP contribution is 2.28. The lowest BCUT2D eigenvalue weighted by molar-refractivity contribution is -0.149.